The van der Waals surface area contributed by atoms with E-state index < -0.39 is 0 Å². The van der Waals surface area contributed by atoms with E-state index >= 15 is 0 Å². The average molecular weight is 241 g/mol. The van der Waals surface area contributed by atoms with Crippen LogP contribution in [0.5, 0.6) is 0 Å². The van der Waals surface area contributed by atoms with E-state index in [0.29, 0.717) is 5.15 Å². The Hall–Kier alpha value is -1.20. The maximum Gasteiger partial charge on any atom is 0.243 e. The van der Waals surface area contributed by atoms with Crippen molar-refractivity contribution in [1.82, 2.24) is 15.3 Å². The van der Waals surface area contributed by atoms with E-state index in [-0.39, 0.29) is 17.9 Å². The van der Waals surface area contributed by atoms with E-state index in [1.807, 2.05) is 0 Å². The van der Waals surface area contributed by atoms with Gasteiger partial charge in [0.15, 0.2) is 0 Å². The van der Waals surface area contributed by atoms with Crippen molar-refractivity contribution in [3.8, 4) is 0 Å². The molecule has 2 N–H and O–H groups in total. The molecule has 0 aliphatic carbocycles. The van der Waals surface area contributed by atoms with E-state index in [9.17, 15) is 4.79 Å². The highest BCUT2D eigenvalue weighted by atomic mass is 35.5. The molecule has 16 heavy (non-hydrogen) atoms. The number of nitrogens with zero attached hydrogens (tertiary/aromatic N) is 2. The lowest BCUT2D eigenvalue weighted by molar-refractivity contribution is -0.117. The molecular weight excluding hydrogens is 228 g/mol. The van der Waals surface area contributed by atoms with Gasteiger partial charge in [0.2, 0.25) is 11.9 Å². The Balaban J connectivity index is 2.05. The molecule has 0 saturated carbocycles. The first-order chi connectivity index (χ1) is 7.65. The van der Waals surface area contributed by atoms with Crippen LogP contribution in [0.4, 0.5) is 5.95 Å². The number of hydrogen-bond donors (Lipinski definition) is 2. The largest absolute Gasteiger partial charge is 0.306 e. The second kappa shape index (κ2) is 4.76. The standard InChI is InChI=1S/C10H13ClN4O/c1-6-5-8(11)14-10(13-6)15-9(16)7-3-2-4-12-7/h5,7,12H,2-4H2,1H3,(H,13,14,15,16)/t7-/m1/s1. The number of nitrogens with one attached hydrogen (secondary N) is 2. The molecule has 1 saturated heterocycles. The molecule has 0 aromatic carbocycles. The summed E-state index contributed by atoms with van der Waals surface area (Å²) in [7, 11) is 0. The van der Waals surface area contributed by atoms with Crippen molar-refractivity contribution in [1.29, 1.82) is 0 Å². The summed E-state index contributed by atoms with van der Waals surface area (Å²) in [6, 6.07) is 1.51. The Bertz CT molecular complexity index is 384. The van der Waals surface area contributed by atoms with Gasteiger partial charge in [-0.15, -0.1) is 0 Å². The minimum Gasteiger partial charge on any atom is -0.306 e. The summed E-state index contributed by atoms with van der Waals surface area (Å²) in [6.45, 7) is 2.69. The molecule has 86 valence electrons. The lowest BCUT2D eigenvalue weighted by Gasteiger charge is -2.10. The highest BCUT2D eigenvalue weighted by Crippen LogP contribution is 2.11. The number of amides is 1. The average Bonchev–Trinajstić information content (AvgIpc) is 2.68. The fourth-order valence-corrected chi connectivity index (χ4v) is 1.93. The van der Waals surface area contributed by atoms with Crippen LogP contribution in [-0.2, 0) is 4.79 Å². The third kappa shape index (κ3) is 2.68. The number of anilines is 1. The number of carbonyl (C=O) groups is 1. The molecule has 6 heteroatoms. The van der Waals surface area contributed by atoms with Gasteiger partial charge >= 0.3 is 0 Å². The molecule has 1 aromatic heterocycles. The summed E-state index contributed by atoms with van der Waals surface area (Å²) in [5.74, 6) is 0.169. The minimum absolute atomic E-state index is 0.0980. The van der Waals surface area contributed by atoms with E-state index in [0.717, 1.165) is 25.1 Å². The van der Waals surface area contributed by atoms with Crippen LogP contribution < -0.4 is 10.6 Å². The predicted molar refractivity (Wildman–Crippen MR) is 61.4 cm³/mol. The van der Waals surface area contributed by atoms with Gasteiger partial charge in [-0.2, -0.15) is 0 Å². The Morgan fingerprint density at radius 1 is 1.62 bits per heavy atom. The molecule has 1 fully saturated rings. The number of rotatable bonds is 2. The predicted octanol–water partition coefficient (Wildman–Crippen LogP) is 1.13. The lowest BCUT2D eigenvalue weighted by Crippen LogP contribution is -2.36. The van der Waals surface area contributed by atoms with Crippen LogP contribution in [0.1, 0.15) is 18.5 Å². The number of aryl methyl sites for hydroxylation is 1. The molecule has 0 unspecified atom stereocenters. The monoisotopic (exact) mass is 240 g/mol. The molecule has 1 aliphatic heterocycles. The molecule has 1 aromatic rings. The van der Waals surface area contributed by atoms with E-state index in [1.54, 1.807) is 13.0 Å². The first-order valence-electron chi connectivity index (χ1n) is 5.20. The van der Waals surface area contributed by atoms with Crippen LogP contribution in [0.2, 0.25) is 5.15 Å². The van der Waals surface area contributed by atoms with Crippen molar-refractivity contribution in [3.63, 3.8) is 0 Å². The van der Waals surface area contributed by atoms with Gasteiger partial charge in [0.1, 0.15) is 5.15 Å². The number of hydrogen-bond acceptors (Lipinski definition) is 4. The first kappa shape index (κ1) is 11.3. The van der Waals surface area contributed by atoms with E-state index in [1.165, 1.54) is 0 Å². The SMILES string of the molecule is Cc1cc(Cl)nc(NC(=O)[C@H]2CCCN2)n1. The molecule has 0 spiro atoms. The van der Waals surface area contributed by atoms with Crippen molar-refractivity contribution in [2.45, 2.75) is 25.8 Å². The molecule has 5 nitrogen and oxygen atoms in total. The summed E-state index contributed by atoms with van der Waals surface area (Å²) in [5, 5.41) is 6.10. The fraction of sp³-hybridized carbons (Fsp3) is 0.500. The lowest BCUT2D eigenvalue weighted by atomic mass is 10.2. The van der Waals surface area contributed by atoms with Crippen LogP contribution in [0, 0.1) is 6.92 Å². The summed E-state index contributed by atoms with van der Waals surface area (Å²) < 4.78 is 0. The molecule has 0 radical (unpaired) electrons. The van der Waals surface area contributed by atoms with Gasteiger partial charge in [-0.25, -0.2) is 9.97 Å². The van der Waals surface area contributed by atoms with Crippen molar-refractivity contribution in [2.24, 2.45) is 0 Å². The van der Waals surface area contributed by atoms with Crippen molar-refractivity contribution >= 4 is 23.5 Å². The molecule has 2 rings (SSSR count). The zero-order valence-corrected chi connectivity index (χ0v) is 9.71. The van der Waals surface area contributed by atoms with E-state index in [2.05, 4.69) is 20.6 Å². The number of aromatic nitrogens is 2. The number of halogens is 1. The van der Waals surface area contributed by atoms with Gasteiger partial charge in [-0.3, -0.25) is 10.1 Å². The van der Waals surface area contributed by atoms with Gasteiger partial charge in [-0.1, -0.05) is 11.6 Å². The normalized spacial score (nSPS) is 19.8. The van der Waals surface area contributed by atoms with E-state index in [4.69, 9.17) is 11.6 Å². The number of carbonyl (C=O) groups excluding carboxylic acids is 1. The van der Waals surface area contributed by atoms with Gasteiger partial charge < -0.3 is 5.32 Å². The Labute approximate surface area is 98.6 Å². The zero-order valence-electron chi connectivity index (χ0n) is 8.96. The Kier molecular flexibility index (Phi) is 3.36. The smallest absolute Gasteiger partial charge is 0.243 e. The zero-order chi connectivity index (χ0) is 11.5. The maximum atomic E-state index is 11.7. The van der Waals surface area contributed by atoms with Crippen molar-refractivity contribution in [2.75, 3.05) is 11.9 Å². The molecule has 1 aliphatic rings. The second-order valence-corrected chi connectivity index (χ2v) is 4.18. The summed E-state index contributed by atoms with van der Waals surface area (Å²) >= 11 is 5.78. The quantitative estimate of drug-likeness (QED) is 0.761. The van der Waals surface area contributed by atoms with Crippen molar-refractivity contribution < 1.29 is 4.79 Å². The van der Waals surface area contributed by atoms with Gasteiger partial charge in [0, 0.05) is 5.69 Å². The van der Waals surface area contributed by atoms with Crippen LogP contribution in [0.3, 0.4) is 0 Å². The second-order valence-electron chi connectivity index (χ2n) is 3.79. The Morgan fingerprint density at radius 2 is 2.44 bits per heavy atom. The third-order valence-electron chi connectivity index (χ3n) is 2.43. The summed E-state index contributed by atoms with van der Waals surface area (Å²) in [6.07, 6.45) is 1.87. The van der Waals surface area contributed by atoms with Crippen LogP contribution in [0.25, 0.3) is 0 Å². The highest BCUT2D eigenvalue weighted by molar-refractivity contribution is 6.29. The minimum atomic E-state index is -0.136. The molecule has 2 heterocycles. The topological polar surface area (TPSA) is 66.9 Å². The molecule has 1 amide bonds. The van der Waals surface area contributed by atoms with Crippen molar-refractivity contribution in [3.05, 3.63) is 16.9 Å². The van der Waals surface area contributed by atoms with Crippen LogP contribution in [-0.4, -0.2) is 28.5 Å². The molecular formula is C10H13ClN4O. The first-order valence-corrected chi connectivity index (χ1v) is 5.58. The molecule has 0 bridgehead atoms. The van der Waals surface area contributed by atoms with Crippen LogP contribution in [0.15, 0.2) is 6.07 Å². The van der Waals surface area contributed by atoms with Crippen LogP contribution >= 0.6 is 11.6 Å². The third-order valence-corrected chi connectivity index (χ3v) is 2.63. The van der Waals surface area contributed by atoms with Gasteiger partial charge in [-0.05, 0) is 32.4 Å². The fourth-order valence-electron chi connectivity index (χ4n) is 1.69. The molecule has 1 atom stereocenters. The summed E-state index contributed by atoms with van der Waals surface area (Å²) in [5.41, 5.74) is 0.731. The van der Waals surface area contributed by atoms with Gasteiger partial charge in [0.05, 0.1) is 6.04 Å². The Morgan fingerprint density at radius 3 is 3.06 bits per heavy atom. The summed E-state index contributed by atoms with van der Waals surface area (Å²) in [4.78, 5) is 19.8. The van der Waals surface area contributed by atoms with Gasteiger partial charge in [0.25, 0.3) is 0 Å². The highest BCUT2D eigenvalue weighted by Gasteiger charge is 2.22. The maximum absolute atomic E-state index is 11.7.